The predicted octanol–water partition coefficient (Wildman–Crippen LogP) is 3.78. The van der Waals surface area contributed by atoms with Gasteiger partial charge >= 0.3 is 0 Å². The minimum absolute atomic E-state index is 0.0155. The topological polar surface area (TPSA) is 115 Å². The third-order valence-corrected chi connectivity index (χ3v) is 8.46. The van der Waals surface area contributed by atoms with E-state index in [1.165, 1.54) is 18.2 Å². The number of phenolic OH excluding ortho intramolecular Hbond substituents is 3. The Balaban J connectivity index is 1.71. The van der Waals surface area contributed by atoms with Crippen LogP contribution in [0.3, 0.4) is 0 Å². The second-order valence-corrected chi connectivity index (χ2v) is 10.0. The Bertz CT molecular complexity index is 1530. The van der Waals surface area contributed by atoms with Crippen LogP contribution in [0.2, 0.25) is 0 Å². The molecule has 0 saturated heterocycles. The zero-order chi connectivity index (χ0) is 24.2. The first kappa shape index (κ1) is 20.5. The third kappa shape index (κ3) is 2.33. The van der Waals surface area contributed by atoms with E-state index in [1.807, 2.05) is 12.1 Å². The number of ketones is 2. The highest BCUT2D eigenvalue weighted by Gasteiger charge is 2.60. The van der Waals surface area contributed by atoms with Gasteiger partial charge in [-0.15, -0.1) is 0 Å². The molecule has 5 aliphatic rings. The van der Waals surface area contributed by atoms with Gasteiger partial charge in [-0.3, -0.25) is 9.59 Å². The van der Waals surface area contributed by atoms with Crippen LogP contribution >= 0.6 is 0 Å². The Morgan fingerprint density at radius 3 is 2.66 bits per heavy atom. The maximum absolute atomic E-state index is 13.3. The van der Waals surface area contributed by atoms with Gasteiger partial charge in [-0.05, 0) is 76.8 Å². The largest absolute Gasteiger partial charge is 0.508 e. The maximum Gasteiger partial charge on any atom is 0.185 e. The van der Waals surface area contributed by atoms with Gasteiger partial charge in [-0.2, -0.15) is 0 Å². The van der Waals surface area contributed by atoms with Crippen LogP contribution in [-0.2, 0) is 16.6 Å². The molecular weight excluding hydrogens is 444 g/mol. The number of hydrogen-bond acceptors (Lipinski definition) is 6. The molecule has 3 atom stereocenters. The molecule has 0 fully saturated rings. The monoisotopic (exact) mass is 466 g/mol. The number of allylic oxidation sites excluding steroid dienone is 6. The number of carbonyl (C=O) groups excluding carboxylic acids is 2. The van der Waals surface area contributed by atoms with Gasteiger partial charge in [0.25, 0.3) is 0 Å². The van der Waals surface area contributed by atoms with Crippen LogP contribution in [0.5, 0.6) is 17.2 Å². The first-order valence-electron chi connectivity index (χ1n) is 11.9. The Morgan fingerprint density at radius 2 is 1.83 bits per heavy atom. The summed E-state index contributed by atoms with van der Waals surface area (Å²) in [6.45, 7) is 0. The minimum atomic E-state index is -0.940. The van der Waals surface area contributed by atoms with Crippen molar-refractivity contribution in [3.05, 3.63) is 93.1 Å². The molecule has 1 unspecified atom stereocenters. The van der Waals surface area contributed by atoms with Crippen molar-refractivity contribution in [2.45, 2.75) is 37.2 Å². The highest BCUT2D eigenvalue weighted by Crippen LogP contribution is 2.68. The van der Waals surface area contributed by atoms with Gasteiger partial charge in [0.05, 0.1) is 17.1 Å². The van der Waals surface area contributed by atoms with Crippen molar-refractivity contribution in [3.8, 4) is 17.2 Å². The lowest BCUT2D eigenvalue weighted by molar-refractivity contribution is -0.112. The molecule has 6 heteroatoms. The number of hydrogen-bond donors (Lipinski definition) is 4. The molecule has 0 bridgehead atoms. The zero-order valence-electron chi connectivity index (χ0n) is 18.7. The quantitative estimate of drug-likeness (QED) is 0.470. The van der Waals surface area contributed by atoms with Crippen molar-refractivity contribution >= 4 is 17.1 Å². The number of aromatic hydroxyl groups is 3. The molecule has 1 spiro atoms. The van der Waals surface area contributed by atoms with Gasteiger partial charge in [0.1, 0.15) is 17.2 Å². The number of aliphatic hydroxyl groups excluding tert-OH is 1. The molecule has 0 aromatic heterocycles. The van der Waals surface area contributed by atoms with Crippen molar-refractivity contribution in [2.75, 3.05) is 0 Å². The lowest BCUT2D eigenvalue weighted by atomic mass is 9.55. The standard InChI is InChI=1S/C29H22O6/c30-14-11-17-15(23(34)12-14)5-4-13-10-24(35)26-18(2-1-3-20(26)31)29(13)19-7-9-22(33)27-21(32)8-6-16(25(19)27)28(17)29/h1-3,6-8,11-13,22,30-31,33-34H,4-5,9-10H2/t13-,22?,29-/m1/s1. The van der Waals surface area contributed by atoms with Gasteiger partial charge in [0.15, 0.2) is 11.6 Å². The summed E-state index contributed by atoms with van der Waals surface area (Å²) in [5.41, 5.74) is 4.86. The van der Waals surface area contributed by atoms with Gasteiger partial charge in [-0.25, -0.2) is 0 Å². The molecule has 0 aliphatic heterocycles. The van der Waals surface area contributed by atoms with Crippen LogP contribution in [0, 0.1) is 5.92 Å². The Hall–Kier alpha value is -3.90. The highest BCUT2D eigenvalue weighted by atomic mass is 16.3. The third-order valence-electron chi connectivity index (χ3n) is 8.46. The summed E-state index contributed by atoms with van der Waals surface area (Å²) in [6.07, 6.45) is 5.80. The average molecular weight is 466 g/mol. The fraction of sp³-hybridized carbons (Fsp3) is 0.241. The fourth-order valence-corrected chi connectivity index (χ4v) is 7.27. The van der Waals surface area contributed by atoms with Crippen LogP contribution in [0.1, 0.15) is 46.3 Å². The molecule has 0 heterocycles. The smallest absolute Gasteiger partial charge is 0.185 e. The van der Waals surface area contributed by atoms with Crippen LogP contribution in [-0.4, -0.2) is 38.1 Å². The Kier molecular flexibility index (Phi) is 3.87. The van der Waals surface area contributed by atoms with Crippen LogP contribution in [0.4, 0.5) is 0 Å². The number of Topliss-reactive ketones (excluding diaryl/α,β-unsaturated/α-hetero) is 1. The Labute approximate surface area is 200 Å². The second-order valence-electron chi connectivity index (χ2n) is 10.0. The predicted molar refractivity (Wildman–Crippen MR) is 127 cm³/mol. The SMILES string of the molecule is O=C1C=CC2=C3c4cc(O)cc(O)c4CC[C@@H]4CC(=O)c5c(O)cccc5[C@]34C3=CCC(O)C1=C32. The van der Waals surface area contributed by atoms with E-state index < -0.39 is 11.5 Å². The number of benzene rings is 2. The molecule has 7 rings (SSSR count). The van der Waals surface area contributed by atoms with E-state index in [0.717, 1.165) is 16.7 Å². The highest BCUT2D eigenvalue weighted by molar-refractivity contribution is 6.14. The maximum atomic E-state index is 13.3. The summed E-state index contributed by atoms with van der Waals surface area (Å²) in [6, 6.07) is 8.06. The fourth-order valence-electron chi connectivity index (χ4n) is 7.27. The summed E-state index contributed by atoms with van der Waals surface area (Å²) < 4.78 is 0. The second kappa shape index (κ2) is 6.61. The molecule has 2 aromatic rings. The van der Waals surface area contributed by atoms with Crippen molar-refractivity contribution in [2.24, 2.45) is 5.92 Å². The van der Waals surface area contributed by atoms with Crippen molar-refractivity contribution in [1.82, 2.24) is 0 Å². The Morgan fingerprint density at radius 1 is 1.00 bits per heavy atom. The first-order chi connectivity index (χ1) is 16.8. The summed E-state index contributed by atoms with van der Waals surface area (Å²) in [7, 11) is 0. The van der Waals surface area contributed by atoms with Crippen molar-refractivity contribution in [1.29, 1.82) is 0 Å². The summed E-state index contributed by atoms with van der Waals surface area (Å²) in [5.74, 6) is -0.763. The molecule has 6 nitrogen and oxygen atoms in total. The molecule has 0 amide bonds. The summed E-state index contributed by atoms with van der Waals surface area (Å²) >= 11 is 0. The lowest BCUT2D eigenvalue weighted by Gasteiger charge is -2.46. The van der Waals surface area contributed by atoms with Crippen molar-refractivity contribution in [3.63, 3.8) is 0 Å². The molecule has 0 radical (unpaired) electrons. The molecule has 35 heavy (non-hydrogen) atoms. The number of phenols is 3. The summed E-state index contributed by atoms with van der Waals surface area (Å²) in [4.78, 5) is 26.3. The van der Waals surface area contributed by atoms with E-state index in [-0.39, 0.29) is 53.1 Å². The van der Waals surface area contributed by atoms with Crippen LogP contribution < -0.4 is 0 Å². The first-order valence-corrected chi connectivity index (χ1v) is 11.9. The molecule has 174 valence electrons. The van der Waals surface area contributed by atoms with Crippen LogP contribution in [0.25, 0.3) is 5.57 Å². The number of carbonyl (C=O) groups is 2. The number of fused-ring (bicyclic) bond motifs is 3. The van der Waals surface area contributed by atoms with Gasteiger partial charge in [0, 0.05) is 23.6 Å². The van der Waals surface area contributed by atoms with E-state index in [2.05, 4.69) is 0 Å². The normalized spacial score (nSPS) is 28.1. The van der Waals surface area contributed by atoms with Gasteiger partial charge < -0.3 is 20.4 Å². The molecule has 2 aromatic carbocycles. The molecule has 0 saturated carbocycles. The van der Waals surface area contributed by atoms with E-state index in [9.17, 15) is 30.0 Å². The molecule has 4 N–H and O–H groups in total. The number of aliphatic hydroxyl groups is 1. The van der Waals surface area contributed by atoms with Gasteiger partial charge in [0.2, 0.25) is 0 Å². The zero-order valence-corrected chi connectivity index (χ0v) is 18.7. The lowest BCUT2D eigenvalue weighted by Crippen LogP contribution is -2.43. The molecule has 5 aliphatic carbocycles. The number of rotatable bonds is 0. The molecular formula is C29H22O6. The van der Waals surface area contributed by atoms with Crippen LogP contribution in [0.15, 0.2) is 70.9 Å². The van der Waals surface area contributed by atoms with E-state index in [0.29, 0.717) is 40.7 Å². The minimum Gasteiger partial charge on any atom is -0.508 e. The van der Waals surface area contributed by atoms with E-state index in [4.69, 9.17) is 0 Å². The van der Waals surface area contributed by atoms with Crippen molar-refractivity contribution < 1.29 is 30.0 Å². The van der Waals surface area contributed by atoms with Gasteiger partial charge in [-0.1, -0.05) is 24.3 Å². The van der Waals surface area contributed by atoms with E-state index in [1.54, 1.807) is 18.2 Å². The average Bonchev–Trinajstić information content (AvgIpc) is 3.01. The van der Waals surface area contributed by atoms with E-state index >= 15 is 0 Å². The summed E-state index contributed by atoms with van der Waals surface area (Å²) in [5, 5.41) is 43.0.